The van der Waals surface area contributed by atoms with Gasteiger partial charge in [0.1, 0.15) is 5.78 Å². The standard InChI is InChI=1S/C20H17NO2/c1-12(22)11-18-15-8-4-5-9-16(15)19-13(2)14-7-3-6-10-17(14)20(23)21(18)19/h3-10,18H,11H2,1-2H3. The fourth-order valence-corrected chi connectivity index (χ4v) is 3.78. The van der Waals surface area contributed by atoms with Crippen LogP contribution in [0.25, 0.3) is 22.0 Å². The maximum Gasteiger partial charge on any atom is 0.259 e. The van der Waals surface area contributed by atoms with Crippen molar-refractivity contribution in [2.75, 3.05) is 0 Å². The number of aromatic nitrogens is 1. The first-order valence-corrected chi connectivity index (χ1v) is 7.82. The molecule has 0 N–H and O–H groups in total. The van der Waals surface area contributed by atoms with Crippen LogP contribution in [-0.4, -0.2) is 10.4 Å². The Morgan fingerprint density at radius 1 is 1.04 bits per heavy atom. The van der Waals surface area contributed by atoms with E-state index in [0.717, 1.165) is 33.2 Å². The van der Waals surface area contributed by atoms with Crippen LogP contribution >= 0.6 is 0 Å². The van der Waals surface area contributed by atoms with E-state index >= 15 is 0 Å². The largest absolute Gasteiger partial charge is 0.300 e. The molecule has 0 saturated heterocycles. The molecule has 0 aliphatic carbocycles. The van der Waals surface area contributed by atoms with E-state index in [1.54, 1.807) is 6.92 Å². The first-order valence-electron chi connectivity index (χ1n) is 7.82. The van der Waals surface area contributed by atoms with Crippen LogP contribution in [-0.2, 0) is 4.79 Å². The van der Waals surface area contributed by atoms with Gasteiger partial charge in [-0.1, -0.05) is 42.5 Å². The SMILES string of the molecule is CC(=O)CC1c2ccccc2-c2c(C)c3ccccc3c(=O)n21. The predicted molar refractivity (Wildman–Crippen MR) is 91.8 cm³/mol. The van der Waals surface area contributed by atoms with Crippen molar-refractivity contribution in [3.8, 4) is 11.3 Å². The Kier molecular flexibility index (Phi) is 2.98. The summed E-state index contributed by atoms with van der Waals surface area (Å²) in [6.45, 7) is 3.64. The number of ketones is 1. The highest BCUT2D eigenvalue weighted by Gasteiger charge is 2.32. The predicted octanol–water partition coefficient (Wildman–Crippen LogP) is 3.86. The fraction of sp³-hybridized carbons (Fsp3) is 0.200. The first-order chi connectivity index (χ1) is 11.1. The van der Waals surface area contributed by atoms with Gasteiger partial charge in [-0.3, -0.25) is 14.2 Å². The molecule has 23 heavy (non-hydrogen) atoms. The molecule has 0 fully saturated rings. The highest BCUT2D eigenvalue weighted by Crippen LogP contribution is 2.42. The zero-order chi connectivity index (χ0) is 16.1. The van der Waals surface area contributed by atoms with E-state index in [4.69, 9.17) is 0 Å². The van der Waals surface area contributed by atoms with Gasteiger partial charge in [0.2, 0.25) is 0 Å². The van der Waals surface area contributed by atoms with Crippen LogP contribution in [0.5, 0.6) is 0 Å². The molecule has 0 radical (unpaired) electrons. The summed E-state index contributed by atoms with van der Waals surface area (Å²) in [5.74, 6) is 0.0929. The Morgan fingerprint density at radius 2 is 1.70 bits per heavy atom. The molecule has 1 unspecified atom stereocenters. The van der Waals surface area contributed by atoms with Crippen LogP contribution in [0.15, 0.2) is 53.3 Å². The number of carbonyl (C=O) groups is 1. The van der Waals surface area contributed by atoms with E-state index in [9.17, 15) is 9.59 Å². The minimum Gasteiger partial charge on any atom is -0.300 e. The summed E-state index contributed by atoms with van der Waals surface area (Å²) in [6.07, 6.45) is 0.349. The first kappa shape index (κ1) is 13.9. The lowest BCUT2D eigenvalue weighted by Gasteiger charge is -2.17. The topological polar surface area (TPSA) is 39.1 Å². The second-order valence-electron chi connectivity index (χ2n) is 6.20. The number of rotatable bonds is 2. The highest BCUT2D eigenvalue weighted by atomic mass is 16.1. The van der Waals surface area contributed by atoms with E-state index in [1.165, 1.54) is 0 Å². The van der Waals surface area contributed by atoms with Crippen LogP contribution in [0.1, 0.15) is 30.5 Å². The number of benzene rings is 2. The molecule has 1 aromatic heterocycles. The van der Waals surface area contributed by atoms with Crippen molar-refractivity contribution in [2.45, 2.75) is 26.3 Å². The number of hydrogen-bond acceptors (Lipinski definition) is 2. The fourth-order valence-electron chi connectivity index (χ4n) is 3.78. The summed E-state index contributed by atoms with van der Waals surface area (Å²) in [5.41, 5.74) is 4.18. The van der Waals surface area contributed by atoms with Crippen molar-refractivity contribution < 1.29 is 4.79 Å². The van der Waals surface area contributed by atoms with E-state index in [1.807, 2.05) is 53.1 Å². The minimum absolute atomic E-state index is 0.0105. The molecule has 3 heteroatoms. The third kappa shape index (κ3) is 1.89. The lowest BCUT2D eigenvalue weighted by molar-refractivity contribution is -0.117. The summed E-state index contributed by atoms with van der Waals surface area (Å²) in [7, 11) is 0. The van der Waals surface area contributed by atoms with E-state index < -0.39 is 0 Å². The molecule has 114 valence electrons. The zero-order valence-electron chi connectivity index (χ0n) is 13.2. The van der Waals surface area contributed by atoms with Gasteiger partial charge >= 0.3 is 0 Å². The number of fused-ring (bicyclic) bond motifs is 4. The molecule has 0 bridgehead atoms. The maximum atomic E-state index is 13.1. The maximum absolute atomic E-state index is 13.1. The molecule has 1 atom stereocenters. The van der Waals surface area contributed by atoms with Gasteiger partial charge in [-0.25, -0.2) is 0 Å². The van der Waals surface area contributed by atoms with Crippen molar-refractivity contribution in [1.82, 2.24) is 4.57 Å². The van der Waals surface area contributed by atoms with Crippen molar-refractivity contribution in [3.63, 3.8) is 0 Å². The Balaban J connectivity index is 2.16. The van der Waals surface area contributed by atoms with E-state index in [-0.39, 0.29) is 17.4 Å². The normalized spacial score (nSPS) is 15.5. The molecular weight excluding hydrogens is 286 g/mol. The Bertz CT molecular complexity index is 1010. The van der Waals surface area contributed by atoms with Crippen molar-refractivity contribution in [1.29, 1.82) is 0 Å². The molecule has 0 saturated carbocycles. The lowest BCUT2D eigenvalue weighted by Crippen LogP contribution is -2.25. The average Bonchev–Trinajstić information content (AvgIpc) is 2.87. The molecule has 1 aliphatic rings. The van der Waals surface area contributed by atoms with Gasteiger partial charge in [-0.2, -0.15) is 0 Å². The van der Waals surface area contributed by atoms with Crippen molar-refractivity contribution in [3.05, 3.63) is 70.0 Å². The van der Waals surface area contributed by atoms with Gasteiger partial charge in [0.05, 0.1) is 11.7 Å². The van der Waals surface area contributed by atoms with E-state index in [2.05, 4.69) is 6.92 Å². The number of nitrogens with zero attached hydrogens (tertiary/aromatic N) is 1. The van der Waals surface area contributed by atoms with Crippen LogP contribution < -0.4 is 5.56 Å². The molecule has 0 spiro atoms. The number of aryl methyl sites for hydroxylation is 1. The van der Waals surface area contributed by atoms with Gasteiger partial charge in [0.25, 0.3) is 5.56 Å². The molecule has 3 aromatic rings. The monoisotopic (exact) mass is 303 g/mol. The molecule has 2 heterocycles. The van der Waals surface area contributed by atoms with Gasteiger partial charge in [-0.05, 0) is 36.4 Å². The average molecular weight is 303 g/mol. The summed E-state index contributed by atoms with van der Waals surface area (Å²) < 4.78 is 1.82. The molecular formula is C20H17NO2. The summed E-state index contributed by atoms with van der Waals surface area (Å²) >= 11 is 0. The van der Waals surface area contributed by atoms with Gasteiger partial charge < -0.3 is 0 Å². The Hall–Kier alpha value is -2.68. The number of carbonyl (C=O) groups excluding carboxylic acids is 1. The third-order valence-electron chi connectivity index (χ3n) is 4.74. The van der Waals surface area contributed by atoms with E-state index in [0.29, 0.717) is 6.42 Å². The number of hydrogen-bond donors (Lipinski definition) is 0. The Labute approximate surface area is 134 Å². The summed E-state index contributed by atoms with van der Waals surface area (Å²) in [5, 5.41) is 1.71. The van der Waals surface area contributed by atoms with Crippen molar-refractivity contribution >= 4 is 16.6 Å². The zero-order valence-corrected chi connectivity index (χ0v) is 13.2. The minimum atomic E-state index is -0.200. The quantitative estimate of drug-likeness (QED) is 0.721. The highest BCUT2D eigenvalue weighted by molar-refractivity contribution is 5.92. The smallest absolute Gasteiger partial charge is 0.259 e. The summed E-state index contributed by atoms with van der Waals surface area (Å²) in [6, 6.07) is 15.5. The number of pyridine rings is 1. The van der Waals surface area contributed by atoms with Crippen LogP contribution in [0.4, 0.5) is 0 Å². The Morgan fingerprint density at radius 3 is 2.43 bits per heavy atom. The third-order valence-corrected chi connectivity index (χ3v) is 4.74. The van der Waals surface area contributed by atoms with Crippen molar-refractivity contribution in [2.24, 2.45) is 0 Å². The molecule has 2 aromatic carbocycles. The second-order valence-corrected chi connectivity index (χ2v) is 6.20. The van der Waals surface area contributed by atoms with Gasteiger partial charge in [-0.15, -0.1) is 0 Å². The molecule has 1 aliphatic heterocycles. The molecule has 3 nitrogen and oxygen atoms in total. The van der Waals surface area contributed by atoms with Crippen LogP contribution in [0.2, 0.25) is 0 Å². The van der Waals surface area contributed by atoms with Crippen LogP contribution in [0.3, 0.4) is 0 Å². The second kappa shape index (κ2) is 4.92. The van der Waals surface area contributed by atoms with Gasteiger partial charge in [0, 0.05) is 17.4 Å². The molecule has 4 rings (SSSR count). The summed E-state index contributed by atoms with van der Waals surface area (Å²) in [4.78, 5) is 24.8. The number of Topliss-reactive ketones (excluding diaryl/α,β-unsaturated/α-hetero) is 1. The molecule has 0 amide bonds. The van der Waals surface area contributed by atoms with Gasteiger partial charge in [0.15, 0.2) is 0 Å². The lowest BCUT2D eigenvalue weighted by atomic mass is 9.98. The van der Waals surface area contributed by atoms with Crippen LogP contribution in [0, 0.1) is 6.92 Å².